The van der Waals surface area contributed by atoms with Crippen molar-refractivity contribution in [2.45, 2.75) is 57.6 Å². The van der Waals surface area contributed by atoms with Gasteiger partial charge in [-0.25, -0.2) is 0 Å². The number of aliphatic hydroxyl groups excluding tert-OH is 1. The lowest BCUT2D eigenvalue weighted by Crippen LogP contribution is -2.52. The summed E-state index contributed by atoms with van der Waals surface area (Å²) in [6.45, 7) is 3.38. The van der Waals surface area contributed by atoms with Crippen molar-refractivity contribution in [3.8, 4) is 0 Å². The molecule has 0 aliphatic carbocycles. The molecule has 20 heavy (non-hydrogen) atoms. The van der Waals surface area contributed by atoms with E-state index in [1.165, 1.54) is 12.8 Å². The van der Waals surface area contributed by atoms with Crippen LogP contribution >= 0.6 is 0 Å². The number of carbonyl (C=O) groups excluding carboxylic acids is 2. The van der Waals surface area contributed by atoms with Crippen LogP contribution in [0.2, 0.25) is 0 Å². The van der Waals surface area contributed by atoms with Crippen LogP contribution in [0.25, 0.3) is 0 Å². The number of ether oxygens (including phenoxy) is 1. The number of nitrogens with one attached hydrogen (secondary N) is 2. The summed E-state index contributed by atoms with van der Waals surface area (Å²) < 4.78 is 5.38. The fraction of sp³-hybridized carbons (Fsp3) is 0.857. The van der Waals surface area contributed by atoms with E-state index in [0.717, 1.165) is 12.8 Å². The zero-order valence-corrected chi connectivity index (χ0v) is 12.2. The van der Waals surface area contributed by atoms with E-state index in [9.17, 15) is 14.7 Å². The lowest BCUT2D eigenvalue weighted by atomic mass is 10.1. The van der Waals surface area contributed by atoms with E-state index >= 15 is 0 Å². The summed E-state index contributed by atoms with van der Waals surface area (Å²) in [6.07, 6.45) is 4.76. The van der Waals surface area contributed by atoms with Crippen LogP contribution in [0.5, 0.6) is 0 Å². The van der Waals surface area contributed by atoms with Crippen molar-refractivity contribution in [1.29, 1.82) is 0 Å². The van der Waals surface area contributed by atoms with Gasteiger partial charge >= 0.3 is 0 Å². The number of rotatable bonds is 10. The van der Waals surface area contributed by atoms with Crippen LogP contribution < -0.4 is 10.6 Å². The molecule has 1 heterocycles. The molecule has 1 rings (SSSR count). The molecule has 1 aliphatic rings. The second-order valence-corrected chi connectivity index (χ2v) is 5.20. The molecule has 0 bridgehead atoms. The van der Waals surface area contributed by atoms with Gasteiger partial charge in [0.1, 0.15) is 0 Å². The first-order valence-corrected chi connectivity index (χ1v) is 7.46. The summed E-state index contributed by atoms with van der Waals surface area (Å²) >= 11 is 0. The molecule has 6 nitrogen and oxygen atoms in total. The van der Waals surface area contributed by atoms with Gasteiger partial charge in [-0.2, -0.15) is 0 Å². The third kappa shape index (κ3) is 6.98. The molecule has 3 N–H and O–H groups in total. The minimum atomic E-state index is -0.633. The topological polar surface area (TPSA) is 87.7 Å². The summed E-state index contributed by atoms with van der Waals surface area (Å²) in [6, 6.07) is -0.396. The first-order valence-electron chi connectivity index (χ1n) is 7.46. The van der Waals surface area contributed by atoms with E-state index in [0.29, 0.717) is 26.0 Å². The Bertz CT molecular complexity index is 310. The summed E-state index contributed by atoms with van der Waals surface area (Å²) in [4.78, 5) is 22.4. The molecular formula is C14H26N2O4. The van der Waals surface area contributed by atoms with Gasteiger partial charge in [0.2, 0.25) is 11.8 Å². The second kappa shape index (κ2) is 9.85. The molecule has 0 spiro atoms. The number of amides is 2. The van der Waals surface area contributed by atoms with Gasteiger partial charge in [0, 0.05) is 19.6 Å². The minimum absolute atomic E-state index is 0.232. The molecule has 2 amide bonds. The van der Waals surface area contributed by atoms with Crippen LogP contribution in [0.1, 0.15) is 45.4 Å². The Morgan fingerprint density at radius 1 is 1.40 bits per heavy atom. The predicted octanol–water partition coefficient (Wildman–Crippen LogP) is 0.339. The molecule has 2 atom stereocenters. The Morgan fingerprint density at radius 3 is 2.90 bits per heavy atom. The molecule has 6 heteroatoms. The minimum Gasteiger partial charge on any atom is -0.389 e. The number of imide groups is 1. The van der Waals surface area contributed by atoms with E-state index in [2.05, 4.69) is 17.6 Å². The van der Waals surface area contributed by atoms with Crippen LogP contribution in [0.15, 0.2) is 0 Å². The normalized spacial score (nSPS) is 20.8. The fourth-order valence-corrected chi connectivity index (χ4v) is 2.08. The van der Waals surface area contributed by atoms with Crippen molar-refractivity contribution in [3.63, 3.8) is 0 Å². The van der Waals surface area contributed by atoms with Gasteiger partial charge in [0.05, 0.1) is 18.8 Å². The molecule has 0 saturated carbocycles. The van der Waals surface area contributed by atoms with E-state index in [-0.39, 0.29) is 18.4 Å². The van der Waals surface area contributed by atoms with Gasteiger partial charge < -0.3 is 15.2 Å². The number of unbranched alkanes of at least 4 members (excludes halogenated alkanes) is 3. The van der Waals surface area contributed by atoms with Gasteiger partial charge in [-0.3, -0.25) is 14.9 Å². The van der Waals surface area contributed by atoms with Gasteiger partial charge in [-0.05, 0) is 12.8 Å². The smallest absolute Gasteiger partial charge is 0.243 e. The quantitative estimate of drug-likeness (QED) is 0.398. The zero-order chi connectivity index (χ0) is 14.8. The van der Waals surface area contributed by atoms with Crippen LogP contribution in [0.4, 0.5) is 0 Å². The number of hydrogen-bond acceptors (Lipinski definition) is 5. The lowest BCUT2D eigenvalue weighted by Gasteiger charge is -2.23. The van der Waals surface area contributed by atoms with Crippen molar-refractivity contribution in [1.82, 2.24) is 10.6 Å². The monoisotopic (exact) mass is 286 g/mol. The molecule has 0 aromatic heterocycles. The average Bonchev–Trinajstić information content (AvgIpc) is 2.41. The molecule has 116 valence electrons. The molecule has 0 aromatic carbocycles. The van der Waals surface area contributed by atoms with Crippen molar-refractivity contribution < 1.29 is 19.4 Å². The van der Waals surface area contributed by atoms with Gasteiger partial charge in [0.15, 0.2) is 0 Å². The van der Waals surface area contributed by atoms with Crippen molar-refractivity contribution in [3.05, 3.63) is 0 Å². The van der Waals surface area contributed by atoms with E-state index in [4.69, 9.17) is 4.74 Å². The Kier molecular flexibility index (Phi) is 8.41. The third-order valence-corrected chi connectivity index (χ3v) is 3.29. The van der Waals surface area contributed by atoms with Crippen LogP contribution in [0, 0.1) is 0 Å². The summed E-state index contributed by atoms with van der Waals surface area (Å²) in [5.74, 6) is -0.544. The highest BCUT2D eigenvalue weighted by Crippen LogP contribution is 2.04. The first kappa shape index (κ1) is 17.1. The summed E-state index contributed by atoms with van der Waals surface area (Å²) in [5.41, 5.74) is 0. The Labute approximate surface area is 120 Å². The van der Waals surface area contributed by atoms with Gasteiger partial charge in [0.25, 0.3) is 0 Å². The molecule has 1 fully saturated rings. The zero-order valence-electron chi connectivity index (χ0n) is 12.2. The van der Waals surface area contributed by atoms with Gasteiger partial charge in [-0.15, -0.1) is 0 Å². The molecule has 1 aliphatic heterocycles. The average molecular weight is 286 g/mol. The Balaban J connectivity index is 2.03. The second-order valence-electron chi connectivity index (χ2n) is 5.20. The number of aliphatic hydroxyl groups is 1. The number of hydrogen-bond donors (Lipinski definition) is 3. The van der Waals surface area contributed by atoms with Crippen molar-refractivity contribution in [2.24, 2.45) is 0 Å². The maximum absolute atomic E-state index is 11.5. The third-order valence-electron chi connectivity index (χ3n) is 3.29. The number of piperidine rings is 1. The maximum atomic E-state index is 11.5. The fourth-order valence-electron chi connectivity index (χ4n) is 2.08. The molecule has 2 unspecified atom stereocenters. The summed E-state index contributed by atoms with van der Waals surface area (Å²) in [7, 11) is 0. The largest absolute Gasteiger partial charge is 0.389 e. The predicted molar refractivity (Wildman–Crippen MR) is 75.1 cm³/mol. The van der Waals surface area contributed by atoms with Crippen molar-refractivity contribution in [2.75, 3.05) is 19.8 Å². The highest BCUT2D eigenvalue weighted by atomic mass is 16.5. The maximum Gasteiger partial charge on any atom is 0.243 e. The van der Waals surface area contributed by atoms with E-state index in [1.54, 1.807) is 0 Å². The SMILES string of the molecule is CCCCCCOCC(O)CNC1CCC(=O)NC1=O. The Hall–Kier alpha value is -0.980. The van der Waals surface area contributed by atoms with E-state index < -0.39 is 12.1 Å². The molecule has 0 aromatic rings. The van der Waals surface area contributed by atoms with Crippen molar-refractivity contribution >= 4 is 11.8 Å². The van der Waals surface area contributed by atoms with E-state index in [1.807, 2.05) is 0 Å². The lowest BCUT2D eigenvalue weighted by molar-refractivity contribution is -0.134. The number of carbonyl (C=O) groups is 2. The molecule has 1 saturated heterocycles. The highest BCUT2D eigenvalue weighted by Gasteiger charge is 2.26. The van der Waals surface area contributed by atoms with Gasteiger partial charge in [-0.1, -0.05) is 26.2 Å². The summed E-state index contributed by atoms with van der Waals surface area (Å²) in [5, 5.41) is 15.0. The highest BCUT2D eigenvalue weighted by molar-refractivity contribution is 6.00. The van der Waals surface area contributed by atoms with Crippen LogP contribution in [0.3, 0.4) is 0 Å². The first-order chi connectivity index (χ1) is 9.63. The molecule has 0 radical (unpaired) electrons. The molecular weight excluding hydrogens is 260 g/mol. The van der Waals surface area contributed by atoms with Crippen LogP contribution in [-0.4, -0.2) is 48.8 Å². The standard InChI is InChI=1S/C14H26N2O4/c1-2-3-4-5-8-20-10-11(17)9-15-12-6-7-13(18)16-14(12)19/h11-12,15,17H,2-10H2,1H3,(H,16,18,19). The van der Waals surface area contributed by atoms with Crippen LogP contribution in [-0.2, 0) is 14.3 Å². The Morgan fingerprint density at radius 2 is 2.20 bits per heavy atom.